The highest BCUT2D eigenvalue weighted by molar-refractivity contribution is 9.10. The van der Waals surface area contributed by atoms with E-state index in [2.05, 4.69) is 26.5 Å². The largest absolute Gasteiger partial charge is 0.426 e. The zero-order valence-electron chi connectivity index (χ0n) is 17.0. The SMILES string of the molecule is CC(=O)Oc1ccc(Br)cc1/C=N\NC(=O)Cn1c2ccccc2c(=O)c2ccccc21. The minimum atomic E-state index is -0.456. The number of rotatable bonds is 5. The normalized spacial score (nSPS) is 11.2. The van der Waals surface area contributed by atoms with Gasteiger partial charge in [0.05, 0.1) is 17.2 Å². The molecule has 7 nitrogen and oxygen atoms in total. The van der Waals surface area contributed by atoms with Crippen molar-refractivity contribution in [1.29, 1.82) is 0 Å². The van der Waals surface area contributed by atoms with Crippen LogP contribution in [-0.4, -0.2) is 22.7 Å². The van der Waals surface area contributed by atoms with Crippen LogP contribution in [0.5, 0.6) is 5.75 Å². The molecule has 0 saturated carbocycles. The summed E-state index contributed by atoms with van der Waals surface area (Å²) in [6.07, 6.45) is 1.41. The van der Waals surface area contributed by atoms with Crippen molar-refractivity contribution in [2.75, 3.05) is 0 Å². The lowest BCUT2D eigenvalue weighted by atomic mass is 10.1. The van der Waals surface area contributed by atoms with E-state index in [4.69, 9.17) is 4.74 Å². The average molecular weight is 492 g/mol. The van der Waals surface area contributed by atoms with Crippen LogP contribution in [0.3, 0.4) is 0 Å². The second-order valence-electron chi connectivity index (χ2n) is 7.02. The summed E-state index contributed by atoms with van der Waals surface area (Å²) in [6, 6.07) is 19.5. The Kier molecular flexibility index (Phi) is 6.13. The maximum absolute atomic E-state index is 12.8. The number of fused-ring (bicyclic) bond motifs is 2. The molecule has 0 aliphatic heterocycles. The van der Waals surface area contributed by atoms with E-state index in [0.29, 0.717) is 33.1 Å². The first-order valence-electron chi connectivity index (χ1n) is 9.74. The topological polar surface area (TPSA) is 89.8 Å². The van der Waals surface area contributed by atoms with Crippen LogP contribution in [0, 0.1) is 0 Å². The van der Waals surface area contributed by atoms with Crippen molar-refractivity contribution in [3.8, 4) is 5.75 Å². The van der Waals surface area contributed by atoms with Crippen LogP contribution < -0.4 is 15.6 Å². The molecule has 0 saturated heterocycles. The summed E-state index contributed by atoms with van der Waals surface area (Å²) >= 11 is 3.36. The highest BCUT2D eigenvalue weighted by Crippen LogP contribution is 2.22. The van der Waals surface area contributed by atoms with E-state index in [9.17, 15) is 14.4 Å². The van der Waals surface area contributed by atoms with Gasteiger partial charge < -0.3 is 9.30 Å². The van der Waals surface area contributed by atoms with Gasteiger partial charge in [-0.25, -0.2) is 5.43 Å². The Morgan fingerprint density at radius 2 is 1.66 bits per heavy atom. The van der Waals surface area contributed by atoms with E-state index in [1.54, 1.807) is 47.0 Å². The lowest BCUT2D eigenvalue weighted by Gasteiger charge is -2.14. The van der Waals surface area contributed by atoms with E-state index >= 15 is 0 Å². The Morgan fingerprint density at radius 1 is 1.03 bits per heavy atom. The first-order chi connectivity index (χ1) is 15.4. The van der Waals surface area contributed by atoms with Crippen molar-refractivity contribution in [3.05, 3.63) is 87.0 Å². The highest BCUT2D eigenvalue weighted by atomic mass is 79.9. The van der Waals surface area contributed by atoms with E-state index in [0.717, 1.165) is 4.47 Å². The number of nitrogens with zero attached hydrogens (tertiary/aromatic N) is 2. The number of benzene rings is 3. The molecule has 8 heteroatoms. The van der Waals surface area contributed by atoms with Crippen LogP contribution in [0.1, 0.15) is 12.5 Å². The summed E-state index contributed by atoms with van der Waals surface area (Å²) in [5, 5.41) is 5.10. The molecule has 32 heavy (non-hydrogen) atoms. The molecule has 160 valence electrons. The Labute approximate surface area is 191 Å². The summed E-state index contributed by atoms with van der Waals surface area (Å²) < 4.78 is 7.73. The van der Waals surface area contributed by atoms with Gasteiger partial charge in [-0.05, 0) is 42.5 Å². The van der Waals surface area contributed by atoms with Gasteiger partial charge in [-0.1, -0.05) is 40.2 Å². The standard InChI is InChI=1S/C24H18BrN3O4/c1-15(29)32-22-11-10-17(25)12-16(22)13-26-27-23(30)14-28-20-8-4-2-6-18(20)24(31)19-7-3-5-9-21(19)28/h2-13H,14H2,1H3,(H,27,30)/b26-13-. The van der Waals surface area contributed by atoms with Crippen LogP contribution in [-0.2, 0) is 16.1 Å². The van der Waals surface area contributed by atoms with Gasteiger partial charge >= 0.3 is 5.97 Å². The number of aromatic nitrogens is 1. The lowest BCUT2D eigenvalue weighted by molar-refractivity contribution is -0.132. The van der Waals surface area contributed by atoms with Gasteiger partial charge in [-0.3, -0.25) is 14.4 Å². The van der Waals surface area contributed by atoms with E-state index < -0.39 is 5.97 Å². The molecule has 1 heterocycles. The number of para-hydroxylation sites is 2. The summed E-state index contributed by atoms with van der Waals surface area (Å²) in [5.74, 6) is -0.497. The predicted molar refractivity (Wildman–Crippen MR) is 127 cm³/mol. The van der Waals surface area contributed by atoms with Crippen LogP contribution in [0.15, 0.2) is 81.1 Å². The number of carbonyl (C=O) groups is 2. The molecule has 0 atom stereocenters. The number of amides is 1. The van der Waals surface area contributed by atoms with Gasteiger partial charge in [-0.15, -0.1) is 0 Å². The minimum Gasteiger partial charge on any atom is -0.426 e. The van der Waals surface area contributed by atoms with E-state index in [1.807, 2.05) is 24.3 Å². The molecule has 0 radical (unpaired) electrons. The molecule has 0 aliphatic carbocycles. The lowest BCUT2D eigenvalue weighted by Crippen LogP contribution is -2.25. The molecular formula is C24H18BrN3O4. The number of pyridine rings is 1. The van der Waals surface area contributed by atoms with Crippen LogP contribution in [0.25, 0.3) is 21.8 Å². The Balaban J connectivity index is 1.62. The summed E-state index contributed by atoms with van der Waals surface area (Å²) in [5.41, 5.74) is 4.28. The molecule has 0 spiro atoms. The van der Waals surface area contributed by atoms with Crippen LogP contribution in [0.2, 0.25) is 0 Å². The molecule has 4 rings (SSSR count). The zero-order chi connectivity index (χ0) is 22.7. The zero-order valence-corrected chi connectivity index (χ0v) is 18.6. The number of ether oxygens (including phenoxy) is 1. The monoisotopic (exact) mass is 491 g/mol. The van der Waals surface area contributed by atoms with Gasteiger partial charge in [0.2, 0.25) is 0 Å². The molecule has 0 bridgehead atoms. The molecule has 4 aromatic rings. The van der Waals surface area contributed by atoms with E-state index in [-0.39, 0.29) is 17.9 Å². The molecular weight excluding hydrogens is 474 g/mol. The highest BCUT2D eigenvalue weighted by Gasteiger charge is 2.12. The fourth-order valence-electron chi connectivity index (χ4n) is 3.47. The van der Waals surface area contributed by atoms with Crippen molar-refractivity contribution in [1.82, 2.24) is 9.99 Å². The fourth-order valence-corrected chi connectivity index (χ4v) is 3.85. The van der Waals surface area contributed by atoms with Gasteiger partial charge in [0.25, 0.3) is 5.91 Å². The van der Waals surface area contributed by atoms with Gasteiger partial charge in [0.1, 0.15) is 12.3 Å². The quantitative estimate of drug-likeness (QED) is 0.150. The molecule has 3 aromatic carbocycles. The van der Waals surface area contributed by atoms with Crippen LogP contribution >= 0.6 is 15.9 Å². The summed E-state index contributed by atoms with van der Waals surface area (Å²) in [7, 11) is 0. The number of carbonyl (C=O) groups excluding carboxylic acids is 2. The maximum Gasteiger partial charge on any atom is 0.308 e. The van der Waals surface area contributed by atoms with Crippen molar-refractivity contribution in [2.45, 2.75) is 13.5 Å². The number of hydrazone groups is 1. The maximum atomic E-state index is 12.8. The molecule has 0 unspecified atom stereocenters. The molecule has 0 aliphatic rings. The number of hydrogen-bond acceptors (Lipinski definition) is 5. The number of nitrogens with one attached hydrogen (secondary N) is 1. The van der Waals surface area contributed by atoms with Crippen LogP contribution in [0.4, 0.5) is 0 Å². The first kappa shape index (κ1) is 21.5. The van der Waals surface area contributed by atoms with Gasteiger partial charge in [0.15, 0.2) is 5.43 Å². The van der Waals surface area contributed by atoms with Crippen molar-refractivity contribution in [2.24, 2.45) is 5.10 Å². The third kappa shape index (κ3) is 4.45. The van der Waals surface area contributed by atoms with Crippen molar-refractivity contribution in [3.63, 3.8) is 0 Å². The second-order valence-corrected chi connectivity index (χ2v) is 7.93. The summed E-state index contributed by atoms with van der Waals surface area (Å²) in [4.78, 5) is 36.8. The van der Waals surface area contributed by atoms with E-state index in [1.165, 1.54) is 13.1 Å². The Bertz CT molecular complexity index is 1380. The first-order valence-corrected chi connectivity index (χ1v) is 10.5. The number of halogens is 1. The fraction of sp³-hybridized carbons (Fsp3) is 0.0833. The average Bonchev–Trinajstić information content (AvgIpc) is 2.78. The smallest absolute Gasteiger partial charge is 0.308 e. The third-order valence-corrected chi connectivity index (χ3v) is 5.29. The van der Waals surface area contributed by atoms with Crippen molar-refractivity contribution >= 4 is 55.8 Å². The minimum absolute atomic E-state index is 0.0338. The van der Waals surface area contributed by atoms with Gasteiger partial charge in [-0.2, -0.15) is 5.10 Å². The second kappa shape index (κ2) is 9.15. The van der Waals surface area contributed by atoms with Gasteiger partial charge in [0, 0.05) is 27.7 Å². The molecule has 1 N–H and O–H groups in total. The third-order valence-electron chi connectivity index (χ3n) is 4.80. The summed E-state index contributed by atoms with van der Waals surface area (Å²) in [6.45, 7) is 1.28. The number of hydrogen-bond donors (Lipinski definition) is 1. The number of esters is 1. The Morgan fingerprint density at radius 3 is 2.28 bits per heavy atom. The molecule has 1 amide bonds. The molecule has 1 aromatic heterocycles. The molecule has 0 fully saturated rings. The Hall–Kier alpha value is -3.78. The predicted octanol–water partition coefficient (Wildman–Crippen LogP) is 3.99. The van der Waals surface area contributed by atoms with Crippen molar-refractivity contribution < 1.29 is 14.3 Å².